The third kappa shape index (κ3) is 6.81. The number of hydrogen-bond acceptors (Lipinski definition) is 4. The number of methoxy groups -OCH3 is 1. The van der Waals surface area contributed by atoms with Crippen molar-refractivity contribution in [3.05, 3.63) is 36.1 Å². The summed E-state index contributed by atoms with van der Waals surface area (Å²) in [6.07, 6.45) is 17.9. The second kappa shape index (κ2) is 12.9. The number of nitrogens with zero attached hydrogens (tertiary/aromatic N) is 1. The molecule has 35 heavy (non-hydrogen) atoms. The van der Waals surface area contributed by atoms with Gasteiger partial charge in [0.25, 0.3) is 0 Å². The first-order chi connectivity index (χ1) is 16.8. The van der Waals surface area contributed by atoms with Crippen LogP contribution in [0.1, 0.15) is 91.4 Å². The largest absolute Gasteiger partial charge is 0.383 e. The molecule has 0 aromatic heterocycles. The van der Waals surface area contributed by atoms with Gasteiger partial charge in [0.2, 0.25) is 10.0 Å². The second-order valence-corrected chi connectivity index (χ2v) is 13.5. The van der Waals surface area contributed by atoms with Gasteiger partial charge in [-0.25, -0.2) is 12.7 Å². The molecule has 1 fully saturated rings. The molecule has 6 heteroatoms. The van der Waals surface area contributed by atoms with E-state index in [1.54, 1.807) is 4.31 Å². The molecule has 5 atom stereocenters. The molecular weight excluding hydrogens is 456 g/mol. The Hall–Kier alpha value is -1.11. The van der Waals surface area contributed by atoms with Crippen molar-refractivity contribution in [3.63, 3.8) is 0 Å². The molecule has 200 valence electrons. The summed E-state index contributed by atoms with van der Waals surface area (Å²) in [6, 6.07) is 0. The Morgan fingerprint density at radius 2 is 1.91 bits per heavy atom. The lowest BCUT2D eigenvalue weighted by Gasteiger charge is -2.38. The zero-order valence-electron chi connectivity index (χ0n) is 22.7. The van der Waals surface area contributed by atoms with Crippen molar-refractivity contribution in [3.8, 4) is 0 Å². The zero-order valence-corrected chi connectivity index (χ0v) is 23.5. The first kappa shape index (κ1) is 28.5. The van der Waals surface area contributed by atoms with Crippen LogP contribution in [0.25, 0.3) is 0 Å². The molecule has 5 unspecified atom stereocenters. The molecule has 3 aliphatic carbocycles. The predicted octanol–water partition coefficient (Wildman–Crippen LogP) is 6.20. The predicted molar refractivity (Wildman–Crippen MR) is 147 cm³/mol. The Kier molecular flexibility index (Phi) is 10.5. The average Bonchev–Trinajstić information content (AvgIpc) is 3.11. The number of allylic oxidation sites excluding steroid dienone is 3. The van der Waals surface area contributed by atoms with E-state index in [1.165, 1.54) is 43.4 Å². The Labute approximate surface area is 215 Å². The van der Waals surface area contributed by atoms with Crippen molar-refractivity contribution in [1.29, 1.82) is 0 Å². The number of unbranched alkanes of at least 4 members (excludes halogenated alkanes) is 2. The van der Waals surface area contributed by atoms with E-state index >= 15 is 0 Å². The number of nitrogens with one attached hydrogen (secondary N) is 1. The summed E-state index contributed by atoms with van der Waals surface area (Å²) < 4.78 is 34.9. The fourth-order valence-electron chi connectivity index (χ4n) is 6.37. The van der Waals surface area contributed by atoms with Crippen molar-refractivity contribution in [1.82, 2.24) is 9.62 Å². The maximum Gasteiger partial charge on any atom is 0.217 e. The van der Waals surface area contributed by atoms with Gasteiger partial charge in [0.15, 0.2) is 0 Å². The summed E-state index contributed by atoms with van der Waals surface area (Å²) in [4.78, 5) is 0. The summed E-state index contributed by atoms with van der Waals surface area (Å²) in [5.41, 5.74) is 2.66. The van der Waals surface area contributed by atoms with Gasteiger partial charge >= 0.3 is 0 Å². The van der Waals surface area contributed by atoms with E-state index in [0.717, 1.165) is 32.2 Å². The highest BCUT2D eigenvalue weighted by Crippen LogP contribution is 2.46. The normalized spacial score (nSPS) is 31.5. The first-order valence-electron chi connectivity index (χ1n) is 14.1. The highest BCUT2D eigenvalue weighted by molar-refractivity contribution is 7.89. The lowest BCUT2D eigenvalue weighted by molar-refractivity contribution is 0.0109. The van der Waals surface area contributed by atoms with Crippen LogP contribution < -0.4 is 5.32 Å². The molecule has 0 aliphatic heterocycles. The van der Waals surface area contributed by atoms with E-state index in [2.05, 4.69) is 44.8 Å². The maximum atomic E-state index is 13.6. The van der Waals surface area contributed by atoms with E-state index in [1.807, 2.05) is 13.2 Å². The topological polar surface area (TPSA) is 58.6 Å². The standard InChI is InChI=1S/C29H50N2O3S/c1-6-9-18-31(19-10-7-2)35(32,33)26-14-13-25(24(8-3)21-26)22-30-27-20-23-12-11-16-29(4,17-15-23)28(27)34-5/h8,13,20,23-24,26,28,30H,3,6-7,9-12,14-19,21-22H2,1-2,4-5H3. The molecule has 0 amide bonds. The lowest BCUT2D eigenvalue weighted by Crippen LogP contribution is -2.43. The summed E-state index contributed by atoms with van der Waals surface area (Å²) in [6.45, 7) is 12.7. The van der Waals surface area contributed by atoms with Gasteiger partial charge < -0.3 is 10.1 Å². The highest BCUT2D eigenvalue weighted by Gasteiger charge is 2.41. The molecular formula is C29H50N2O3S. The van der Waals surface area contributed by atoms with Gasteiger partial charge in [0, 0.05) is 38.4 Å². The molecule has 1 saturated carbocycles. The molecule has 1 N–H and O–H groups in total. The lowest BCUT2D eigenvalue weighted by atomic mass is 9.76. The van der Waals surface area contributed by atoms with E-state index in [4.69, 9.17) is 4.74 Å². The van der Waals surface area contributed by atoms with Crippen LogP contribution in [0.15, 0.2) is 36.1 Å². The number of hydrogen-bond donors (Lipinski definition) is 1. The van der Waals surface area contributed by atoms with Crippen LogP contribution in [-0.2, 0) is 14.8 Å². The number of rotatable bonds is 13. The van der Waals surface area contributed by atoms with Crippen LogP contribution in [0.4, 0.5) is 0 Å². The Balaban J connectivity index is 1.72. The van der Waals surface area contributed by atoms with E-state index in [9.17, 15) is 8.42 Å². The minimum atomic E-state index is -3.32. The van der Waals surface area contributed by atoms with Gasteiger partial charge in [-0.15, -0.1) is 6.58 Å². The van der Waals surface area contributed by atoms with Crippen LogP contribution >= 0.6 is 0 Å². The Morgan fingerprint density at radius 1 is 1.20 bits per heavy atom. The van der Waals surface area contributed by atoms with Crippen LogP contribution in [0.3, 0.4) is 0 Å². The molecule has 0 aromatic rings. The second-order valence-electron chi connectivity index (χ2n) is 11.3. The van der Waals surface area contributed by atoms with Crippen molar-refractivity contribution in [2.75, 3.05) is 26.7 Å². The van der Waals surface area contributed by atoms with Gasteiger partial charge in [-0.3, -0.25) is 0 Å². The van der Waals surface area contributed by atoms with Crippen molar-refractivity contribution in [2.45, 2.75) is 103 Å². The van der Waals surface area contributed by atoms with Crippen LogP contribution in [0.5, 0.6) is 0 Å². The summed E-state index contributed by atoms with van der Waals surface area (Å²) in [5, 5.41) is 3.39. The highest BCUT2D eigenvalue weighted by atomic mass is 32.2. The molecule has 0 saturated heterocycles. The number of ether oxygens (including phenoxy) is 1. The summed E-state index contributed by atoms with van der Waals surface area (Å²) >= 11 is 0. The first-order valence-corrected chi connectivity index (χ1v) is 15.6. The molecule has 3 aliphatic rings. The minimum absolute atomic E-state index is 0.0812. The molecule has 5 nitrogen and oxygen atoms in total. The van der Waals surface area contributed by atoms with Crippen LogP contribution in [0.2, 0.25) is 0 Å². The van der Waals surface area contributed by atoms with Gasteiger partial charge in [-0.05, 0) is 68.3 Å². The van der Waals surface area contributed by atoms with Crippen molar-refractivity contribution in [2.24, 2.45) is 17.3 Å². The molecule has 3 rings (SSSR count). The third-order valence-electron chi connectivity index (χ3n) is 8.70. The Bertz CT molecular complexity index is 857. The quantitative estimate of drug-likeness (QED) is 0.302. The molecule has 2 bridgehead atoms. The van der Waals surface area contributed by atoms with Crippen LogP contribution in [-0.4, -0.2) is 50.8 Å². The van der Waals surface area contributed by atoms with Crippen molar-refractivity contribution < 1.29 is 13.2 Å². The van der Waals surface area contributed by atoms with E-state index in [-0.39, 0.29) is 22.7 Å². The Morgan fingerprint density at radius 3 is 2.54 bits per heavy atom. The number of sulfonamides is 1. The van der Waals surface area contributed by atoms with Gasteiger partial charge in [-0.2, -0.15) is 0 Å². The smallest absolute Gasteiger partial charge is 0.217 e. The van der Waals surface area contributed by atoms with E-state index < -0.39 is 10.0 Å². The fourth-order valence-corrected chi connectivity index (χ4v) is 8.35. The monoisotopic (exact) mass is 506 g/mol. The summed E-state index contributed by atoms with van der Waals surface area (Å²) in [5.74, 6) is 0.708. The molecule has 0 radical (unpaired) electrons. The van der Waals surface area contributed by atoms with Gasteiger partial charge in [0.05, 0.1) is 5.25 Å². The maximum absolute atomic E-state index is 13.6. The van der Waals surface area contributed by atoms with Crippen molar-refractivity contribution >= 4 is 10.0 Å². The molecule has 0 spiro atoms. The van der Waals surface area contributed by atoms with Crippen LogP contribution in [0, 0.1) is 17.3 Å². The van der Waals surface area contributed by atoms with Gasteiger partial charge in [-0.1, -0.05) is 58.3 Å². The van der Waals surface area contributed by atoms with E-state index in [0.29, 0.717) is 31.8 Å². The third-order valence-corrected chi connectivity index (χ3v) is 11.0. The SMILES string of the molecule is C=CC1CC(S(=O)(=O)N(CCCC)CCCC)CC=C1CNC1=CC2CCCC(C)(CC2)C1OC. The zero-order chi connectivity index (χ0) is 25.5. The fraction of sp³-hybridized carbons (Fsp3) is 0.793. The minimum Gasteiger partial charge on any atom is -0.383 e. The van der Waals surface area contributed by atoms with Gasteiger partial charge in [0.1, 0.15) is 6.10 Å². The summed E-state index contributed by atoms with van der Waals surface area (Å²) in [7, 11) is -1.48. The average molecular weight is 507 g/mol. The molecule has 0 heterocycles. The number of fused-ring (bicyclic) bond motifs is 3. The molecule has 0 aromatic carbocycles.